The summed E-state index contributed by atoms with van der Waals surface area (Å²) in [6.45, 7) is 0. The Balaban J connectivity index is 2.08. The van der Waals surface area contributed by atoms with Crippen molar-refractivity contribution < 1.29 is 13.4 Å². The zero-order valence-corrected chi connectivity index (χ0v) is 11.4. The molecule has 1 heterocycles. The Hall–Kier alpha value is -2.22. The van der Waals surface area contributed by atoms with E-state index >= 15 is 0 Å². The van der Waals surface area contributed by atoms with Crippen molar-refractivity contribution in [1.29, 1.82) is 0 Å². The molecule has 2 aromatic carbocycles. The van der Waals surface area contributed by atoms with E-state index in [1.807, 2.05) is 0 Å². The van der Waals surface area contributed by atoms with Gasteiger partial charge in [0.1, 0.15) is 11.6 Å². The summed E-state index contributed by atoms with van der Waals surface area (Å²) in [6, 6.07) is 5.23. The third-order valence-electron chi connectivity index (χ3n) is 2.73. The van der Waals surface area contributed by atoms with E-state index in [0.717, 1.165) is 12.1 Å². The van der Waals surface area contributed by atoms with Crippen molar-refractivity contribution >= 4 is 44.0 Å². The van der Waals surface area contributed by atoms with Gasteiger partial charge in [0.15, 0.2) is 11.0 Å². The molecular formula is C12H7BrF2N4O. The smallest absolute Gasteiger partial charge is 0.160 e. The Bertz CT molecular complexity index is 805. The second-order valence-electron chi connectivity index (χ2n) is 4.03. The number of fused-ring (bicyclic) bond motifs is 1. The molecule has 3 N–H and O–H groups in total. The van der Waals surface area contributed by atoms with Crippen molar-refractivity contribution in [2.45, 2.75) is 0 Å². The number of rotatable bonds is 2. The van der Waals surface area contributed by atoms with Crippen LogP contribution in [0.15, 0.2) is 33.4 Å². The maximum absolute atomic E-state index is 13.8. The van der Waals surface area contributed by atoms with Crippen LogP contribution in [0.5, 0.6) is 0 Å². The van der Waals surface area contributed by atoms with Crippen LogP contribution in [0, 0.1) is 11.6 Å². The summed E-state index contributed by atoms with van der Waals surface area (Å²) < 4.78 is 31.9. The summed E-state index contributed by atoms with van der Waals surface area (Å²) in [5.41, 5.74) is 7.17. The summed E-state index contributed by atoms with van der Waals surface area (Å²) in [4.78, 5) is 0. The number of nitrogens with zero attached hydrogens (tertiary/aromatic N) is 2. The first-order valence-electron chi connectivity index (χ1n) is 5.48. The molecule has 0 amide bonds. The van der Waals surface area contributed by atoms with Crippen LogP contribution in [-0.4, -0.2) is 10.3 Å². The maximum atomic E-state index is 13.8. The van der Waals surface area contributed by atoms with E-state index in [-0.39, 0.29) is 10.2 Å². The van der Waals surface area contributed by atoms with Crippen LogP contribution in [0.3, 0.4) is 0 Å². The first-order chi connectivity index (χ1) is 9.56. The van der Waals surface area contributed by atoms with Gasteiger partial charge in [0.2, 0.25) is 0 Å². The summed E-state index contributed by atoms with van der Waals surface area (Å²) in [6.07, 6.45) is 0. The van der Waals surface area contributed by atoms with Gasteiger partial charge in [-0.1, -0.05) is 0 Å². The molecule has 0 aliphatic carbocycles. The van der Waals surface area contributed by atoms with Crippen molar-refractivity contribution in [3.8, 4) is 0 Å². The first-order valence-corrected chi connectivity index (χ1v) is 6.28. The molecule has 0 bridgehead atoms. The topological polar surface area (TPSA) is 77.0 Å². The molecule has 5 nitrogen and oxygen atoms in total. The van der Waals surface area contributed by atoms with E-state index in [9.17, 15) is 8.78 Å². The molecule has 0 aliphatic heterocycles. The van der Waals surface area contributed by atoms with Gasteiger partial charge in [0.25, 0.3) is 0 Å². The molecule has 0 saturated heterocycles. The van der Waals surface area contributed by atoms with Gasteiger partial charge in [-0.05, 0) is 44.4 Å². The number of hydrogen-bond acceptors (Lipinski definition) is 5. The Morgan fingerprint density at radius 2 is 1.80 bits per heavy atom. The quantitative estimate of drug-likeness (QED) is 0.550. The van der Waals surface area contributed by atoms with Gasteiger partial charge in [0.05, 0.1) is 21.5 Å². The maximum Gasteiger partial charge on any atom is 0.160 e. The van der Waals surface area contributed by atoms with E-state index in [4.69, 9.17) is 5.73 Å². The molecule has 20 heavy (non-hydrogen) atoms. The fourth-order valence-corrected chi connectivity index (χ4v) is 2.07. The second-order valence-corrected chi connectivity index (χ2v) is 4.89. The lowest BCUT2D eigenvalue weighted by atomic mass is 10.2. The van der Waals surface area contributed by atoms with E-state index < -0.39 is 11.6 Å². The lowest BCUT2D eigenvalue weighted by Crippen LogP contribution is -1.97. The van der Waals surface area contributed by atoms with Gasteiger partial charge in [-0.15, -0.1) is 0 Å². The van der Waals surface area contributed by atoms with Gasteiger partial charge in [-0.25, -0.2) is 13.4 Å². The van der Waals surface area contributed by atoms with E-state index in [1.54, 1.807) is 12.1 Å². The van der Waals surface area contributed by atoms with Crippen LogP contribution >= 0.6 is 15.9 Å². The van der Waals surface area contributed by atoms with E-state index in [2.05, 4.69) is 36.2 Å². The average Bonchev–Trinajstić information content (AvgIpc) is 2.89. The van der Waals surface area contributed by atoms with Gasteiger partial charge >= 0.3 is 0 Å². The number of benzene rings is 2. The normalized spacial score (nSPS) is 10.9. The molecule has 0 spiro atoms. The van der Waals surface area contributed by atoms with Crippen LogP contribution in [0.2, 0.25) is 0 Å². The number of hydrogen-bond donors (Lipinski definition) is 2. The number of aromatic nitrogens is 2. The lowest BCUT2D eigenvalue weighted by Gasteiger charge is -2.09. The monoisotopic (exact) mass is 340 g/mol. The van der Waals surface area contributed by atoms with Crippen LogP contribution < -0.4 is 11.1 Å². The molecule has 0 radical (unpaired) electrons. The third-order valence-corrected chi connectivity index (χ3v) is 3.33. The molecule has 3 rings (SSSR count). The van der Waals surface area contributed by atoms with Crippen LogP contribution in [-0.2, 0) is 0 Å². The lowest BCUT2D eigenvalue weighted by molar-refractivity contribution is 0.316. The zero-order valence-electron chi connectivity index (χ0n) is 9.82. The molecule has 0 fully saturated rings. The molecule has 8 heteroatoms. The van der Waals surface area contributed by atoms with Gasteiger partial charge in [0, 0.05) is 6.07 Å². The van der Waals surface area contributed by atoms with Crippen molar-refractivity contribution in [2.75, 3.05) is 11.1 Å². The Kier molecular flexibility index (Phi) is 3.01. The predicted molar refractivity (Wildman–Crippen MR) is 73.6 cm³/mol. The van der Waals surface area contributed by atoms with Crippen LogP contribution in [0.25, 0.3) is 11.0 Å². The van der Waals surface area contributed by atoms with Gasteiger partial charge in [-0.2, -0.15) is 0 Å². The highest BCUT2D eigenvalue weighted by Gasteiger charge is 2.13. The molecule has 0 unspecified atom stereocenters. The summed E-state index contributed by atoms with van der Waals surface area (Å²) in [7, 11) is 0. The minimum absolute atomic E-state index is 0.0280. The minimum atomic E-state index is -0.611. The first kappa shape index (κ1) is 12.8. The molecule has 0 saturated carbocycles. The van der Waals surface area contributed by atoms with Crippen molar-refractivity contribution in [1.82, 2.24) is 10.3 Å². The fraction of sp³-hybridized carbons (Fsp3) is 0. The number of halogens is 3. The SMILES string of the molecule is Nc1ccc(Nc2cc(F)c(Br)cc2F)c2nonc12. The summed E-state index contributed by atoms with van der Waals surface area (Å²) in [5.74, 6) is -1.20. The average molecular weight is 341 g/mol. The fourth-order valence-electron chi connectivity index (χ4n) is 1.75. The number of anilines is 3. The third kappa shape index (κ3) is 2.07. The van der Waals surface area contributed by atoms with Gasteiger partial charge in [-0.3, -0.25) is 0 Å². The summed E-state index contributed by atoms with van der Waals surface area (Å²) in [5, 5.41) is 10.1. The Morgan fingerprint density at radius 1 is 1.05 bits per heavy atom. The minimum Gasteiger partial charge on any atom is -0.397 e. The Morgan fingerprint density at radius 3 is 2.60 bits per heavy atom. The van der Waals surface area contributed by atoms with Crippen LogP contribution in [0.4, 0.5) is 25.8 Å². The zero-order chi connectivity index (χ0) is 14.3. The molecule has 1 aromatic heterocycles. The van der Waals surface area contributed by atoms with Crippen LogP contribution in [0.1, 0.15) is 0 Å². The second kappa shape index (κ2) is 4.71. The highest BCUT2D eigenvalue weighted by molar-refractivity contribution is 9.10. The summed E-state index contributed by atoms with van der Waals surface area (Å²) >= 11 is 2.91. The Labute approximate surface area is 119 Å². The highest BCUT2D eigenvalue weighted by atomic mass is 79.9. The highest BCUT2D eigenvalue weighted by Crippen LogP contribution is 2.30. The number of nitrogens with one attached hydrogen (secondary N) is 1. The largest absolute Gasteiger partial charge is 0.397 e. The molecule has 3 aromatic rings. The predicted octanol–water partition coefficient (Wildman–Crippen LogP) is 3.59. The molecule has 102 valence electrons. The number of nitrogen functional groups attached to an aromatic ring is 1. The number of nitrogens with two attached hydrogens (primary N) is 1. The van der Waals surface area contributed by atoms with Crippen molar-refractivity contribution in [3.05, 3.63) is 40.4 Å². The molecule has 0 aliphatic rings. The van der Waals surface area contributed by atoms with E-state index in [1.165, 1.54) is 0 Å². The van der Waals surface area contributed by atoms with Gasteiger partial charge < -0.3 is 11.1 Å². The standard InChI is InChI=1S/C12H7BrF2N4O/c13-5-3-7(15)10(4-6(5)14)17-9-2-1-8(16)11-12(9)19-20-18-11/h1-4,17H,16H2. The van der Waals surface area contributed by atoms with Crippen molar-refractivity contribution in [2.24, 2.45) is 0 Å². The molecular weight excluding hydrogens is 334 g/mol. The van der Waals surface area contributed by atoms with E-state index in [0.29, 0.717) is 22.4 Å². The molecule has 0 atom stereocenters. The van der Waals surface area contributed by atoms with Crippen molar-refractivity contribution in [3.63, 3.8) is 0 Å².